The molecule has 0 bridgehead atoms. The van der Waals surface area contributed by atoms with Gasteiger partial charge in [-0.2, -0.15) is 17.0 Å². The average Bonchev–Trinajstić information content (AvgIpc) is 2.87. The SMILES string of the molecule is Cc1cc(N(C)C)cc(C2CCN(S(=O)(=O)N(C)C)C2)n1. The second-order valence-electron chi connectivity index (χ2n) is 5.92. The van der Waals surface area contributed by atoms with Crippen LogP contribution >= 0.6 is 0 Å². The molecule has 1 aromatic rings. The lowest BCUT2D eigenvalue weighted by Crippen LogP contribution is -2.38. The molecule has 0 spiro atoms. The summed E-state index contributed by atoms with van der Waals surface area (Å²) in [6.07, 6.45) is 0.816. The van der Waals surface area contributed by atoms with E-state index in [1.165, 1.54) is 8.61 Å². The molecule has 2 rings (SSSR count). The Labute approximate surface area is 127 Å². The topological polar surface area (TPSA) is 56.8 Å². The van der Waals surface area contributed by atoms with E-state index >= 15 is 0 Å². The van der Waals surface area contributed by atoms with E-state index in [-0.39, 0.29) is 5.92 Å². The van der Waals surface area contributed by atoms with Gasteiger partial charge in [-0.15, -0.1) is 0 Å². The Morgan fingerprint density at radius 1 is 1.24 bits per heavy atom. The maximum Gasteiger partial charge on any atom is 0.281 e. The fourth-order valence-corrected chi connectivity index (χ4v) is 3.72. The van der Waals surface area contributed by atoms with Crippen LogP contribution in [-0.4, -0.2) is 63.3 Å². The first-order valence-corrected chi connectivity index (χ1v) is 8.45. The van der Waals surface area contributed by atoms with E-state index in [4.69, 9.17) is 0 Å². The molecule has 0 radical (unpaired) electrons. The Morgan fingerprint density at radius 3 is 2.48 bits per heavy atom. The summed E-state index contributed by atoms with van der Waals surface area (Å²) in [6, 6.07) is 4.09. The fraction of sp³-hybridized carbons (Fsp3) is 0.643. The standard InChI is InChI=1S/C14H24N4O2S/c1-11-8-13(16(2)3)9-14(15-11)12-6-7-18(10-12)21(19,20)17(4)5/h8-9,12H,6-7,10H2,1-5H3. The average molecular weight is 312 g/mol. The summed E-state index contributed by atoms with van der Waals surface area (Å²) in [5.74, 6) is 0.165. The summed E-state index contributed by atoms with van der Waals surface area (Å²) in [5, 5.41) is 0. The highest BCUT2D eigenvalue weighted by atomic mass is 32.2. The monoisotopic (exact) mass is 312 g/mol. The summed E-state index contributed by atoms with van der Waals surface area (Å²) >= 11 is 0. The molecular formula is C14H24N4O2S. The number of nitrogens with zero attached hydrogens (tertiary/aromatic N) is 4. The Bertz CT molecular complexity index is 613. The van der Waals surface area contributed by atoms with Crippen molar-refractivity contribution in [3.05, 3.63) is 23.5 Å². The molecule has 1 aliphatic heterocycles. The Morgan fingerprint density at radius 2 is 1.90 bits per heavy atom. The second kappa shape index (κ2) is 5.90. The van der Waals surface area contributed by atoms with Crippen molar-refractivity contribution in [2.45, 2.75) is 19.3 Å². The minimum Gasteiger partial charge on any atom is -0.378 e. The summed E-state index contributed by atoms with van der Waals surface area (Å²) < 4.78 is 27.2. The zero-order valence-corrected chi connectivity index (χ0v) is 14.2. The molecule has 1 aromatic heterocycles. The number of pyridine rings is 1. The van der Waals surface area contributed by atoms with E-state index < -0.39 is 10.2 Å². The van der Waals surface area contributed by atoms with E-state index in [1.807, 2.05) is 32.0 Å². The van der Waals surface area contributed by atoms with Crippen molar-refractivity contribution < 1.29 is 8.42 Å². The third-order valence-corrected chi connectivity index (χ3v) is 5.74. The molecular weight excluding hydrogens is 288 g/mol. The third kappa shape index (κ3) is 3.36. The summed E-state index contributed by atoms with van der Waals surface area (Å²) in [6.45, 7) is 3.03. The first-order chi connectivity index (χ1) is 9.71. The first kappa shape index (κ1) is 16.2. The van der Waals surface area contributed by atoms with Crippen LogP contribution in [0.4, 0.5) is 5.69 Å². The van der Waals surface area contributed by atoms with Crippen molar-refractivity contribution in [2.75, 3.05) is 46.2 Å². The highest BCUT2D eigenvalue weighted by molar-refractivity contribution is 7.86. The van der Waals surface area contributed by atoms with Gasteiger partial charge in [0.25, 0.3) is 10.2 Å². The minimum absolute atomic E-state index is 0.165. The number of aromatic nitrogens is 1. The molecule has 7 heteroatoms. The fourth-order valence-electron chi connectivity index (χ4n) is 2.55. The lowest BCUT2D eigenvalue weighted by molar-refractivity contribution is 0.418. The lowest BCUT2D eigenvalue weighted by atomic mass is 10.0. The first-order valence-electron chi connectivity index (χ1n) is 7.05. The van der Waals surface area contributed by atoms with Gasteiger partial charge in [0, 0.05) is 64.3 Å². The zero-order chi connectivity index (χ0) is 15.8. The Balaban J connectivity index is 2.22. The van der Waals surface area contributed by atoms with Gasteiger partial charge >= 0.3 is 0 Å². The summed E-state index contributed by atoms with van der Waals surface area (Å²) in [7, 11) is 3.80. The predicted octanol–water partition coefficient (Wildman–Crippen LogP) is 1.05. The number of anilines is 1. The molecule has 0 aliphatic carbocycles. The van der Waals surface area contributed by atoms with Crippen LogP contribution in [0.15, 0.2) is 12.1 Å². The van der Waals surface area contributed by atoms with Gasteiger partial charge in [0.05, 0.1) is 0 Å². The molecule has 0 N–H and O–H groups in total. The number of hydrogen-bond donors (Lipinski definition) is 0. The molecule has 21 heavy (non-hydrogen) atoms. The number of hydrogen-bond acceptors (Lipinski definition) is 4. The maximum absolute atomic E-state index is 12.2. The van der Waals surface area contributed by atoms with Crippen LogP contribution < -0.4 is 4.90 Å². The van der Waals surface area contributed by atoms with E-state index in [2.05, 4.69) is 11.1 Å². The van der Waals surface area contributed by atoms with Crippen LogP contribution in [0.1, 0.15) is 23.7 Å². The smallest absolute Gasteiger partial charge is 0.281 e. The molecule has 0 saturated carbocycles. The van der Waals surface area contributed by atoms with Crippen molar-refractivity contribution in [1.29, 1.82) is 0 Å². The van der Waals surface area contributed by atoms with Gasteiger partial charge in [-0.3, -0.25) is 4.98 Å². The molecule has 1 unspecified atom stereocenters. The van der Waals surface area contributed by atoms with Crippen molar-refractivity contribution in [3.8, 4) is 0 Å². The molecule has 0 aromatic carbocycles. The summed E-state index contributed by atoms with van der Waals surface area (Å²) in [4.78, 5) is 6.64. The van der Waals surface area contributed by atoms with Gasteiger partial charge in [-0.05, 0) is 25.5 Å². The number of rotatable bonds is 4. The van der Waals surface area contributed by atoms with E-state index in [0.29, 0.717) is 13.1 Å². The van der Waals surface area contributed by atoms with Gasteiger partial charge < -0.3 is 4.90 Å². The summed E-state index contributed by atoms with van der Waals surface area (Å²) in [5.41, 5.74) is 3.05. The quantitative estimate of drug-likeness (QED) is 0.834. The van der Waals surface area contributed by atoms with Crippen LogP contribution in [-0.2, 0) is 10.2 Å². The van der Waals surface area contributed by atoms with Crippen molar-refractivity contribution in [3.63, 3.8) is 0 Å². The maximum atomic E-state index is 12.2. The molecule has 1 aliphatic rings. The molecule has 118 valence electrons. The van der Waals surface area contributed by atoms with E-state index in [1.54, 1.807) is 14.1 Å². The highest BCUT2D eigenvalue weighted by Crippen LogP contribution is 2.30. The van der Waals surface area contributed by atoms with Crippen LogP contribution in [0, 0.1) is 6.92 Å². The van der Waals surface area contributed by atoms with Gasteiger partial charge in [0.15, 0.2) is 0 Å². The van der Waals surface area contributed by atoms with Gasteiger partial charge in [-0.25, -0.2) is 0 Å². The predicted molar refractivity (Wildman–Crippen MR) is 84.8 cm³/mol. The van der Waals surface area contributed by atoms with Crippen LogP contribution in [0.2, 0.25) is 0 Å². The molecule has 2 heterocycles. The van der Waals surface area contributed by atoms with Crippen molar-refractivity contribution in [2.24, 2.45) is 0 Å². The minimum atomic E-state index is -3.33. The largest absolute Gasteiger partial charge is 0.378 e. The molecule has 1 fully saturated rings. The van der Waals surface area contributed by atoms with Gasteiger partial charge in [-0.1, -0.05) is 0 Å². The Kier molecular flexibility index (Phi) is 4.55. The van der Waals surface area contributed by atoms with Crippen molar-refractivity contribution in [1.82, 2.24) is 13.6 Å². The lowest BCUT2D eigenvalue weighted by Gasteiger charge is -2.21. The van der Waals surface area contributed by atoms with Crippen LogP contribution in [0.25, 0.3) is 0 Å². The second-order valence-corrected chi connectivity index (χ2v) is 8.06. The van der Waals surface area contributed by atoms with Gasteiger partial charge in [0.2, 0.25) is 0 Å². The molecule has 6 nitrogen and oxygen atoms in total. The molecule has 0 amide bonds. The third-order valence-electron chi connectivity index (χ3n) is 3.83. The number of aryl methyl sites for hydroxylation is 1. The Hall–Kier alpha value is -1.18. The normalized spacial score (nSPS) is 20.2. The highest BCUT2D eigenvalue weighted by Gasteiger charge is 2.34. The van der Waals surface area contributed by atoms with E-state index in [9.17, 15) is 8.42 Å². The molecule has 1 saturated heterocycles. The molecule has 1 atom stereocenters. The van der Waals surface area contributed by atoms with E-state index in [0.717, 1.165) is 23.5 Å². The van der Waals surface area contributed by atoms with Crippen LogP contribution in [0.5, 0.6) is 0 Å². The van der Waals surface area contributed by atoms with Crippen LogP contribution in [0.3, 0.4) is 0 Å². The zero-order valence-electron chi connectivity index (χ0n) is 13.4. The van der Waals surface area contributed by atoms with Gasteiger partial charge in [0.1, 0.15) is 0 Å². The van der Waals surface area contributed by atoms with Crippen molar-refractivity contribution >= 4 is 15.9 Å².